The summed E-state index contributed by atoms with van der Waals surface area (Å²) in [6.45, 7) is 1.91. The van der Waals surface area contributed by atoms with Crippen molar-refractivity contribution in [1.82, 2.24) is 4.90 Å². The van der Waals surface area contributed by atoms with Gasteiger partial charge < -0.3 is 19.7 Å². The molecule has 0 radical (unpaired) electrons. The summed E-state index contributed by atoms with van der Waals surface area (Å²) in [6, 6.07) is 33.3. The van der Waals surface area contributed by atoms with E-state index < -0.39 is 22.4 Å². The Hall–Kier alpha value is -3.57. The number of aliphatic hydroxyl groups excluding tert-OH is 2. The van der Waals surface area contributed by atoms with Gasteiger partial charge in [-0.15, -0.1) is 0 Å². The maximum atomic E-state index is 13.0. The third-order valence-electron chi connectivity index (χ3n) is 8.12. The summed E-state index contributed by atoms with van der Waals surface area (Å²) in [5.41, 5.74) is 3.92. The molecule has 1 unspecified atom stereocenters. The molecule has 2 aliphatic rings. The van der Waals surface area contributed by atoms with E-state index in [9.17, 15) is 18.6 Å². The van der Waals surface area contributed by atoms with Crippen LogP contribution in [0.15, 0.2) is 114 Å². The highest BCUT2D eigenvalue weighted by molar-refractivity contribution is 7.92. The van der Waals surface area contributed by atoms with Crippen molar-refractivity contribution in [3.63, 3.8) is 0 Å². The number of hydrogen-bond donors (Lipinski definition) is 3. The van der Waals surface area contributed by atoms with Gasteiger partial charge in [0, 0.05) is 36.8 Å². The van der Waals surface area contributed by atoms with E-state index in [1.807, 2.05) is 48.5 Å². The van der Waals surface area contributed by atoms with E-state index in [0.717, 1.165) is 29.7 Å². The predicted octanol–water partition coefficient (Wildman–Crippen LogP) is 4.99. The molecule has 2 fully saturated rings. The number of anilines is 1. The van der Waals surface area contributed by atoms with Crippen LogP contribution < -0.4 is 4.72 Å². The number of nitrogens with zero attached hydrogens (tertiary/aromatic N) is 1. The van der Waals surface area contributed by atoms with E-state index in [1.165, 1.54) is 0 Å². The smallest absolute Gasteiger partial charge is 0.261 e. The quantitative estimate of drug-likeness (QED) is 0.249. The highest BCUT2D eigenvalue weighted by Gasteiger charge is 2.43. The summed E-state index contributed by atoms with van der Waals surface area (Å²) in [5, 5.41) is 19.9. The van der Waals surface area contributed by atoms with Crippen LogP contribution in [0.2, 0.25) is 0 Å². The van der Waals surface area contributed by atoms with E-state index in [0.29, 0.717) is 24.3 Å². The molecule has 2 heterocycles. The van der Waals surface area contributed by atoms with Crippen LogP contribution in [-0.4, -0.2) is 55.4 Å². The summed E-state index contributed by atoms with van der Waals surface area (Å²) >= 11 is 0. The molecule has 4 aromatic carbocycles. The molecular weight excluding hydrogens is 564 g/mol. The van der Waals surface area contributed by atoms with Crippen LogP contribution in [-0.2, 0) is 26.1 Å². The number of nitrogens with one attached hydrogen (secondary N) is 1. The Kier molecular flexibility index (Phi) is 8.90. The lowest BCUT2D eigenvalue weighted by Gasteiger charge is -2.44. The maximum Gasteiger partial charge on any atom is 0.261 e. The van der Waals surface area contributed by atoms with Crippen LogP contribution >= 0.6 is 0 Å². The lowest BCUT2D eigenvalue weighted by molar-refractivity contribution is -0.263. The average molecular weight is 601 g/mol. The molecule has 0 amide bonds. The minimum absolute atomic E-state index is 0.0504. The first-order valence-corrected chi connectivity index (χ1v) is 16.0. The van der Waals surface area contributed by atoms with Gasteiger partial charge in [-0.25, -0.2) is 8.42 Å². The number of rotatable bonds is 9. The number of benzene rings is 4. The fourth-order valence-electron chi connectivity index (χ4n) is 5.96. The number of hydrogen-bond acceptors (Lipinski definition) is 7. The first-order valence-electron chi connectivity index (χ1n) is 14.5. The Balaban J connectivity index is 1.35. The van der Waals surface area contributed by atoms with Crippen molar-refractivity contribution in [3.05, 3.63) is 131 Å². The largest absolute Gasteiger partial charge is 0.392 e. The second kappa shape index (κ2) is 13.0. The lowest BCUT2D eigenvalue weighted by atomic mass is 9.83. The standard InChI is InChI=1S/C34H36N2O6S/c37-23-24-14-16-26(17-15-24)33-32(25-8-3-1-4-9-25)31(22-36-19-18-29(38)21-36)41-34(42-33)27-10-7-11-28(20-27)35-43(39,40)30-12-5-2-6-13-30/h1-17,20,29,31-35,37-38H,18-19,21-23H2/t29-,31-,32-,33+,34?/m1/s1. The second-order valence-corrected chi connectivity index (χ2v) is 12.8. The highest BCUT2D eigenvalue weighted by atomic mass is 32.2. The summed E-state index contributed by atoms with van der Waals surface area (Å²) in [7, 11) is -3.78. The molecule has 2 saturated heterocycles. The maximum absolute atomic E-state index is 13.0. The Labute approximate surface area is 252 Å². The van der Waals surface area contributed by atoms with Crippen molar-refractivity contribution in [2.24, 2.45) is 0 Å². The van der Waals surface area contributed by atoms with Crippen LogP contribution in [0.1, 0.15) is 47.0 Å². The van der Waals surface area contributed by atoms with Crippen molar-refractivity contribution in [3.8, 4) is 0 Å². The molecule has 0 saturated carbocycles. The van der Waals surface area contributed by atoms with Crippen LogP contribution in [0.3, 0.4) is 0 Å². The number of likely N-dealkylation sites (tertiary alicyclic amines) is 1. The van der Waals surface area contributed by atoms with Gasteiger partial charge in [0.1, 0.15) is 0 Å². The first kappa shape index (κ1) is 29.5. The fraction of sp³-hybridized carbons (Fsp3) is 0.294. The Bertz CT molecular complexity index is 1600. The Morgan fingerprint density at radius 2 is 1.51 bits per heavy atom. The van der Waals surface area contributed by atoms with E-state index >= 15 is 0 Å². The molecule has 224 valence electrons. The first-order chi connectivity index (χ1) is 20.9. The zero-order chi connectivity index (χ0) is 29.8. The van der Waals surface area contributed by atoms with Gasteiger partial charge in [0.05, 0.1) is 29.8 Å². The fourth-order valence-corrected chi connectivity index (χ4v) is 7.03. The van der Waals surface area contributed by atoms with Gasteiger partial charge >= 0.3 is 0 Å². The molecule has 0 bridgehead atoms. The monoisotopic (exact) mass is 600 g/mol. The van der Waals surface area contributed by atoms with Crippen LogP contribution in [0.4, 0.5) is 5.69 Å². The molecule has 0 aliphatic carbocycles. The molecule has 43 heavy (non-hydrogen) atoms. The minimum atomic E-state index is -3.78. The summed E-state index contributed by atoms with van der Waals surface area (Å²) in [6.07, 6.45) is -1.10. The topological polar surface area (TPSA) is 108 Å². The SMILES string of the molecule is O=S(=O)(Nc1cccc(C2O[C@H](CN3CC[C@@H](O)C3)[C@@H](c3ccccc3)[C@H](c3ccc(CO)cc3)O2)c1)c1ccccc1. The minimum Gasteiger partial charge on any atom is -0.392 e. The summed E-state index contributed by atoms with van der Waals surface area (Å²) in [5.74, 6) is -0.157. The van der Waals surface area contributed by atoms with E-state index in [4.69, 9.17) is 9.47 Å². The molecule has 0 spiro atoms. The Morgan fingerprint density at radius 1 is 0.814 bits per heavy atom. The van der Waals surface area contributed by atoms with Gasteiger partial charge in [-0.3, -0.25) is 9.62 Å². The zero-order valence-corrected chi connectivity index (χ0v) is 24.5. The van der Waals surface area contributed by atoms with E-state index in [1.54, 1.807) is 48.5 Å². The van der Waals surface area contributed by atoms with Crippen molar-refractivity contribution in [1.29, 1.82) is 0 Å². The normalized spacial score (nSPS) is 24.6. The summed E-state index contributed by atoms with van der Waals surface area (Å²) < 4.78 is 42.2. The van der Waals surface area contributed by atoms with Gasteiger partial charge in [0.15, 0.2) is 6.29 Å². The molecule has 5 atom stereocenters. The average Bonchev–Trinajstić information content (AvgIpc) is 3.45. The number of β-amino-alcohol motifs (C(OH)–C–C–N with tert-alkyl or cyclic N) is 1. The second-order valence-electron chi connectivity index (χ2n) is 11.1. The molecule has 4 aromatic rings. The molecular formula is C34H36N2O6S. The van der Waals surface area contributed by atoms with Crippen LogP contribution in [0, 0.1) is 0 Å². The highest BCUT2D eigenvalue weighted by Crippen LogP contribution is 2.47. The van der Waals surface area contributed by atoms with Gasteiger partial charge in [-0.2, -0.15) is 0 Å². The summed E-state index contributed by atoms with van der Waals surface area (Å²) in [4.78, 5) is 2.40. The van der Waals surface area contributed by atoms with Crippen LogP contribution in [0.5, 0.6) is 0 Å². The van der Waals surface area contributed by atoms with Crippen LogP contribution in [0.25, 0.3) is 0 Å². The van der Waals surface area contributed by atoms with E-state index in [-0.39, 0.29) is 29.6 Å². The molecule has 2 aliphatic heterocycles. The van der Waals surface area contributed by atoms with Crippen molar-refractivity contribution in [2.75, 3.05) is 24.4 Å². The molecule has 6 rings (SSSR count). The van der Waals surface area contributed by atoms with E-state index in [2.05, 4.69) is 21.8 Å². The third kappa shape index (κ3) is 6.83. The number of sulfonamides is 1. The Morgan fingerprint density at radius 3 is 2.19 bits per heavy atom. The lowest BCUT2D eigenvalue weighted by Crippen LogP contribution is -2.44. The van der Waals surface area contributed by atoms with Crippen molar-refractivity contribution < 1.29 is 28.1 Å². The van der Waals surface area contributed by atoms with Crippen molar-refractivity contribution >= 4 is 15.7 Å². The van der Waals surface area contributed by atoms with Gasteiger partial charge in [-0.05, 0) is 47.4 Å². The van der Waals surface area contributed by atoms with Crippen molar-refractivity contribution in [2.45, 2.75) is 48.4 Å². The number of ether oxygens (including phenoxy) is 2. The zero-order valence-electron chi connectivity index (χ0n) is 23.7. The number of aliphatic hydroxyl groups is 2. The predicted molar refractivity (Wildman–Crippen MR) is 164 cm³/mol. The van der Waals surface area contributed by atoms with Gasteiger partial charge in [0.2, 0.25) is 0 Å². The molecule has 8 nitrogen and oxygen atoms in total. The molecule has 9 heteroatoms. The van der Waals surface area contributed by atoms with Gasteiger partial charge in [-0.1, -0.05) is 84.9 Å². The van der Waals surface area contributed by atoms with Gasteiger partial charge in [0.25, 0.3) is 10.0 Å². The molecule has 3 N–H and O–H groups in total. The molecule has 0 aromatic heterocycles. The third-order valence-corrected chi connectivity index (χ3v) is 9.52.